The number of aryl methyl sites for hydroxylation is 1. The van der Waals surface area contributed by atoms with Crippen molar-refractivity contribution in [3.8, 4) is 5.75 Å². The van der Waals surface area contributed by atoms with Gasteiger partial charge in [-0.2, -0.15) is 0 Å². The Morgan fingerprint density at radius 2 is 1.94 bits per heavy atom. The van der Waals surface area contributed by atoms with Crippen LogP contribution in [0.25, 0.3) is 11.8 Å². The van der Waals surface area contributed by atoms with Gasteiger partial charge in [-0.25, -0.2) is 9.79 Å². The molecular weight excluding hydrogens is 480 g/mol. The Hall–Kier alpha value is -3.75. The minimum atomic E-state index is -1.03. The van der Waals surface area contributed by atoms with Gasteiger partial charge in [-0.3, -0.25) is 9.36 Å². The maximum absolute atomic E-state index is 13.7. The molecule has 6 rings (SSSR count). The number of nitrogens with zero attached hydrogens (tertiary/aromatic N) is 2. The summed E-state index contributed by atoms with van der Waals surface area (Å²) in [5, 5.41) is 10.8. The lowest BCUT2D eigenvalue weighted by Gasteiger charge is -2.30. The average molecular weight is 501 g/mol. The number of hydrogen-bond donors (Lipinski definition) is 1. The number of thiophene rings is 1. The van der Waals surface area contributed by atoms with Crippen LogP contribution in [0.5, 0.6) is 5.75 Å². The molecule has 0 saturated heterocycles. The van der Waals surface area contributed by atoms with Crippen molar-refractivity contribution in [3.63, 3.8) is 0 Å². The molecule has 0 radical (unpaired) electrons. The largest absolute Gasteiger partial charge is 0.482 e. The fourth-order valence-electron chi connectivity index (χ4n) is 4.67. The summed E-state index contributed by atoms with van der Waals surface area (Å²) in [5.74, 6) is -0.559. The van der Waals surface area contributed by atoms with Crippen LogP contribution in [0.3, 0.4) is 0 Å². The van der Waals surface area contributed by atoms with Crippen LogP contribution in [-0.4, -0.2) is 22.2 Å². The monoisotopic (exact) mass is 500 g/mol. The van der Waals surface area contributed by atoms with Gasteiger partial charge < -0.3 is 9.84 Å². The van der Waals surface area contributed by atoms with Crippen molar-refractivity contribution in [3.05, 3.63) is 113 Å². The van der Waals surface area contributed by atoms with Crippen molar-refractivity contribution >= 4 is 40.4 Å². The molecule has 2 aliphatic rings. The lowest BCUT2D eigenvalue weighted by molar-refractivity contribution is -0.139. The van der Waals surface area contributed by atoms with Gasteiger partial charge in [-0.05, 0) is 59.2 Å². The van der Waals surface area contributed by atoms with E-state index < -0.39 is 12.6 Å². The van der Waals surface area contributed by atoms with Gasteiger partial charge in [0, 0.05) is 10.4 Å². The molecule has 0 amide bonds. The van der Waals surface area contributed by atoms with Crippen LogP contribution in [0.2, 0.25) is 0 Å². The number of aliphatic carboxylic acids is 1. The number of aromatic nitrogens is 1. The molecule has 0 saturated carbocycles. The third-order valence-electron chi connectivity index (χ3n) is 6.23. The van der Waals surface area contributed by atoms with E-state index in [1.165, 1.54) is 22.5 Å². The lowest BCUT2D eigenvalue weighted by atomic mass is 9.85. The first-order valence-electron chi connectivity index (χ1n) is 11.2. The Kier molecular flexibility index (Phi) is 5.47. The number of thiazole rings is 1. The number of fused-ring (bicyclic) bond motifs is 3. The van der Waals surface area contributed by atoms with Crippen molar-refractivity contribution < 1.29 is 14.6 Å². The fourth-order valence-corrected chi connectivity index (χ4v) is 6.52. The van der Waals surface area contributed by atoms with Crippen LogP contribution in [0.1, 0.15) is 34.0 Å². The predicted octanol–water partition coefficient (Wildman–Crippen LogP) is 3.84. The van der Waals surface area contributed by atoms with Crippen molar-refractivity contribution in [2.75, 3.05) is 6.61 Å². The summed E-state index contributed by atoms with van der Waals surface area (Å²) in [6.45, 7) is -0.394. The maximum atomic E-state index is 13.7. The Morgan fingerprint density at radius 1 is 1.11 bits per heavy atom. The Bertz CT molecular complexity index is 1640. The number of carboxylic acid groups (broad SMARTS) is 1. The summed E-state index contributed by atoms with van der Waals surface area (Å²) in [7, 11) is 0. The van der Waals surface area contributed by atoms with Crippen molar-refractivity contribution in [2.45, 2.75) is 18.9 Å². The summed E-state index contributed by atoms with van der Waals surface area (Å²) in [5.41, 5.74) is 5.43. The predicted molar refractivity (Wildman–Crippen MR) is 137 cm³/mol. The molecule has 0 fully saturated rings. The van der Waals surface area contributed by atoms with Crippen LogP contribution in [0.4, 0.5) is 0 Å². The lowest BCUT2D eigenvalue weighted by Crippen LogP contribution is -2.38. The van der Waals surface area contributed by atoms with Crippen molar-refractivity contribution in [1.82, 2.24) is 4.57 Å². The Labute approximate surface area is 208 Å². The van der Waals surface area contributed by atoms with Gasteiger partial charge in [0.15, 0.2) is 11.4 Å². The third kappa shape index (κ3) is 3.94. The van der Waals surface area contributed by atoms with E-state index in [4.69, 9.17) is 14.8 Å². The molecule has 35 heavy (non-hydrogen) atoms. The number of ether oxygens (including phenoxy) is 1. The van der Waals surface area contributed by atoms with Gasteiger partial charge in [0.05, 0.1) is 16.3 Å². The Morgan fingerprint density at radius 3 is 2.71 bits per heavy atom. The van der Waals surface area contributed by atoms with Gasteiger partial charge in [-0.1, -0.05) is 53.8 Å². The van der Waals surface area contributed by atoms with E-state index in [1.807, 2.05) is 34.9 Å². The van der Waals surface area contributed by atoms with Crippen LogP contribution >= 0.6 is 22.7 Å². The molecule has 6 nitrogen and oxygen atoms in total. The minimum Gasteiger partial charge on any atom is -0.482 e. The van der Waals surface area contributed by atoms with Crippen molar-refractivity contribution in [2.24, 2.45) is 4.99 Å². The molecule has 1 atom stereocenters. The van der Waals surface area contributed by atoms with Gasteiger partial charge in [-0.15, -0.1) is 11.3 Å². The zero-order valence-electron chi connectivity index (χ0n) is 18.5. The zero-order valence-corrected chi connectivity index (χ0v) is 20.1. The second kappa shape index (κ2) is 8.79. The standard InChI is InChI=1S/C27H20N2O4S2/c30-23(31)15-33-18-10-7-16(8-11-18)14-22-26(32)29-25(21-6-3-13-34-21)20-12-9-17-4-1-2-5-19(17)24(20)28-27(29)35-22/h1-8,10-11,13-14,25H,9,12,15H2,(H,30,31). The second-order valence-electron chi connectivity index (χ2n) is 8.38. The van der Waals surface area contributed by atoms with Crippen LogP contribution in [-0.2, 0) is 11.2 Å². The van der Waals surface area contributed by atoms with E-state index in [1.54, 1.807) is 23.5 Å². The fraction of sp³-hybridized carbons (Fsp3) is 0.148. The summed E-state index contributed by atoms with van der Waals surface area (Å²) < 4.78 is 7.66. The highest BCUT2D eigenvalue weighted by atomic mass is 32.1. The maximum Gasteiger partial charge on any atom is 0.341 e. The topological polar surface area (TPSA) is 80.9 Å². The van der Waals surface area contributed by atoms with Gasteiger partial charge in [0.1, 0.15) is 5.75 Å². The molecule has 0 spiro atoms. The molecular formula is C27H20N2O4S2. The number of allylic oxidation sites excluding steroid dienone is 1. The second-order valence-corrected chi connectivity index (χ2v) is 10.4. The van der Waals surface area contributed by atoms with Crippen LogP contribution in [0.15, 0.2) is 81.4 Å². The molecule has 2 aromatic heterocycles. The molecule has 1 aliphatic carbocycles. The summed E-state index contributed by atoms with van der Waals surface area (Å²) in [6, 6.07) is 19.4. The quantitative estimate of drug-likeness (QED) is 0.452. The number of carbonyl (C=O) groups is 1. The van der Waals surface area contributed by atoms with E-state index in [9.17, 15) is 9.59 Å². The highest BCUT2D eigenvalue weighted by Gasteiger charge is 2.32. The highest BCUT2D eigenvalue weighted by Crippen LogP contribution is 2.42. The Balaban J connectivity index is 1.47. The first-order valence-corrected chi connectivity index (χ1v) is 12.9. The normalized spacial score (nSPS) is 16.8. The van der Waals surface area contributed by atoms with Crippen LogP contribution in [0, 0.1) is 0 Å². The van der Waals surface area contributed by atoms with Gasteiger partial charge in [0.2, 0.25) is 0 Å². The molecule has 8 heteroatoms. The first-order chi connectivity index (χ1) is 17.1. The van der Waals surface area contributed by atoms with Crippen LogP contribution < -0.4 is 19.6 Å². The molecule has 4 aromatic rings. The molecule has 2 aromatic carbocycles. The van der Waals surface area contributed by atoms with Gasteiger partial charge in [0.25, 0.3) is 5.56 Å². The average Bonchev–Trinajstić information content (AvgIpc) is 3.51. The molecule has 1 N–H and O–H groups in total. The highest BCUT2D eigenvalue weighted by molar-refractivity contribution is 7.10. The number of hydrogen-bond acceptors (Lipinski definition) is 6. The van der Waals surface area contributed by atoms with E-state index in [0.717, 1.165) is 34.5 Å². The van der Waals surface area contributed by atoms with E-state index in [2.05, 4.69) is 29.6 Å². The molecule has 1 unspecified atom stereocenters. The summed E-state index contributed by atoms with van der Waals surface area (Å²) in [6.07, 6.45) is 3.67. The first kappa shape index (κ1) is 21.8. The number of benzene rings is 2. The SMILES string of the molecule is O=C(O)COc1ccc(C=c2sc3n(c2=O)C(c2cccs2)C2=C(N=3)c3ccccc3CC2)cc1. The molecule has 0 bridgehead atoms. The smallest absolute Gasteiger partial charge is 0.341 e. The van der Waals surface area contributed by atoms with Gasteiger partial charge >= 0.3 is 5.97 Å². The number of carboxylic acids is 1. The molecule has 174 valence electrons. The van der Waals surface area contributed by atoms with Crippen molar-refractivity contribution in [1.29, 1.82) is 0 Å². The molecule has 1 aliphatic heterocycles. The summed E-state index contributed by atoms with van der Waals surface area (Å²) >= 11 is 3.06. The van der Waals surface area contributed by atoms with E-state index in [-0.39, 0.29) is 11.6 Å². The minimum absolute atomic E-state index is 0.0521. The van der Waals surface area contributed by atoms with E-state index >= 15 is 0 Å². The number of rotatable bonds is 5. The third-order valence-corrected chi connectivity index (χ3v) is 8.13. The molecule has 3 heterocycles. The summed E-state index contributed by atoms with van der Waals surface area (Å²) in [4.78, 5) is 31.2. The zero-order chi connectivity index (χ0) is 23.9. The van der Waals surface area contributed by atoms with E-state index in [0.29, 0.717) is 15.1 Å².